The van der Waals surface area contributed by atoms with Gasteiger partial charge in [0.05, 0.1) is 10.7 Å². The highest BCUT2D eigenvalue weighted by Crippen LogP contribution is 2.46. The molecule has 0 atom stereocenters. The molecule has 2 rings (SSSR count). The molecule has 1 nitrogen and oxygen atoms in total. The van der Waals surface area contributed by atoms with Crippen LogP contribution in [-0.4, -0.2) is 0 Å². The number of nitrogens with zero attached hydrogens (tertiary/aromatic N) is 1. The van der Waals surface area contributed by atoms with Crippen LogP contribution < -0.4 is 4.42 Å². The molecule has 1 radical (unpaired) electrons. The molecule has 4 heteroatoms. The predicted molar refractivity (Wildman–Crippen MR) is 49.9 cm³/mol. The molecule has 1 aromatic rings. The van der Waals surface area contributed by atoms with E-state index in [0.717, 1.165) is 10.6 Å². The number of thioether (sulfide) groups is 1. The molecular weight excluding hydrogens is 201 g/mol. The maximum atomic E-state index is 5.91. The first-order chi connectivity index (χ1) is 5.29. The molecule has 0 aliphatic carbocycles. The fourth-order valence-electron chi connectivity index (χ4n) is 0.954. The lowest BCUT2D eigenvalue weighted by Crippen LogP contribution is -1.97. The third-order valence-electron chi connectivity index (χ3n) is 1.44. The number of hydrogen-bond acceptors (Lipinski definition) is 2. The first kappa shape index (κ1) is 7.59. The average Bonchev–Trinajstić information content (AvgIpc) is 2.34. The highest BCUT2D eigenvalue weighted by Gasteiger charge is 2.20. The summed E-state index contributed by atoms with van der Waals surface area (Å²) < 4.78 is 1.52. The molecule has 1 aromatic carbocycles. The minimum atomic E-state index is 0.693. The van der Waals surface area contributed by atoms with E-state index in [2.05, 4.69) is 0 Å². The van der Waals surface area contributed by atoms with Crippen LogP contribution in [-0.2, 0) is 0 Å². The monoisotopic (exact) mass is 204 g/mol. The maximum Gasteiger partial charge on any atom is 0.127 e. The third-order valence-corrected chi connectivity index (χ3v) is 3.02. The SMILES string of the molecule is Clc1cccc2c1N(Cl)[CH]S2. The first-order valence-electron chi connectivity index (χ1n) is 3.02. The van der Waals surface area contributed by atoms with E-state index in [1.807, 2.05) is 24.1 Å². The molecule has 11 heavy (non-hydrogen) atoms. The molecular formula is C7H4Cl2NS. The van der Waals surface area contributed by atoms with Crippen molar-refractivity contribution in [3.05, 3.63) is 29.1 Å². The fourth-order valence-corrected chi connectivity index (χ4v) is 2.46. The average molecular weight is 205 g/mol. The summed E-state index contributed by atoms with van der Waals surface area (Å²) in [6, 6.07) is 5.73. The molecule has 0 N–H and O–H groups in total. The Morgan fingerprint density at radius 3 is 2.91 bits per heavy atom. The van der Waals surface area contributed by atoms with E-state index in [1.54, 1.807) is 11.8 Å². The summed E-state index contributed by atoms with van der Waals surface area (Å²) in [5.41, 5.74) is 0.890. The second-order valence-corrected chi connectivity index (χ2v) is 3.78. The van der Waals surface area contributed by atoms with Crippen LogP contribution in [0.3, 0.4) is 0 Å². The van der Waals surface area contributed by atoms with Gasteiger partial charge in [0.1, 0.15) is 5.88 Å². The highest BCUT2D eigenvalue weighted by atomic mass is 35.5. The van der Waals surface area contributed by atoms with Gasteiger partial charge in [-0.1, -0.05) is 29.4 Å². The summed E-state index contributed by atoms with van der Waals surface area (Å²) in [5.74, 6) is 1.82. The van der Waals surface area contributed by atoms with Gasteiger partial charge in [-0.3, -0.25) is 4.42 Å². The van der Waals surface area contributed by atoms with Crippen molar-refractivity contribution in [1.82, 2.24) is 0 Å². The van der Waals surface area contributed by atoms with Gasteiger partial charge in [-0.25, -0.2) is 0 Å². The zero-order valence-electron chi connectivity index (χ0n) is 5.42. The smallest absolute Gasteiger partial charge is 0.127 e. The van der Waals surface area contributed by atoms with Crippen LogP contribution in [0.4, 0.5) is 5.69 Å². The molecule has 0 amide bonds. The van der Waals surface area contributed by atoms with Gasteiger partial charge in [-0.2, -0.15) is 0 Å². The molecule has 0 spiro atoms. The van der Waals surface area contributed by atoms with E-state index in [0.29, 0.717) is 5.02 Å². The van der Waals surface area contributed by atoms with Crippen LogP contribution in [0.2, 0.25) is 5.02 Å². The number of anilines is 1. The Balaban J connectivity index is 2.58. The second kappa shape index (κ2) is 2.77. The molecule has 0 unspecified atom stereocenters. The van der Waals surface area contributed by atoms with Gasteiger partial charge in [-0.15, -0.1) is 0 Å². The molecule has 0 aromatic heterocycles. The maximum absolute atomic E-state index is 5.91. The van der Waals surface area contributed by atoms with Crippen molar-refractivity contribution in [2.45, 2.75) is 4.90 Å². The Labute approximate surface area is 79.4 Å². The lowest BCUT2D eigenvalue weighted by atomic mass is 10.3. The number of fused-ring (bicyclic) bond motifs is 1. The third kappa shape index (κ3) is 1.19. The van der Waals surface area contributed by atoms with Gasteiger partial charge in [0.15, 0.2) is 0 Å². The summed E-state index contributed by atoms with van der Waals surface area (Å²) in [6.45, 7) is 0. The van der Waals surface area contributed by atoms with E-state index < -0.39 is 0 Å². The molecule has 0 saturated heterocycles. The van der Waals surface area contributed by atoms with Crippen molar-refractivity contribution in [2.24, 2.45) is 0 Å². The lowest BCUT2D eigenvalue weighted by molar-refractivity contribution is 1.36. The van der Waals surface area contributed by atoms with Gasteiger partial charge < -0.3 is 0 Å². The van der Waals surface area contributed by atoms with E-state index in [-0.39, 0.29) is 0 Å². The van der Waals surface area contributed by atoms with E-state index in [1.165, 1.54) is 4.42 Å². The van der Waals surface area contributed by atoms with Gasteiger partial charge in [-0.05, 0) is 12.1 Å². The Bertz CT molecular complexity index is 290. The van der Waals surface area contributed by atoms with Crippen molar-refractivity contribution in [3.8, 4) is 0 Å². The van der Waals surface area contributed by atoms with E-state index >= 15 is 0 Å². The number of para-hydroxylation sites is 1. The van der Waals surface area contributed by atoms with Gasteiger partial charge in [0.2, 0.25) is 0 Å². The Kier molecular flexibility index (Phi) is 1.91. The van der Waals surface area contributed by atoms with Gasteiger partial charge in [0.25, 0.3) is 0 Å². The Morgan fingerprint density at radius 1 is 1.36 bits per heavy atom. The predicted octanol–water partition coefficient (Wildman–Crippen LogP) is 3.53. The molecule has 1 aliphatic rings. The van der Waals surface area contributed by atoms with Crippen LogP contribution in [0.15, 0.2) is 23.1 Å². The second-order valence-electron chi connectivity index (χ2n) is 2.12. The van der Waals surface area contributed by atoms with Crippen LogP contribution >= 0.6 is 35.1 Å². The van der Waals surface area contributed by atoms with Crippen LogP contribution in [0, 0.1) is 5.88 Å². The summed E-state index contributed by atoms with van der Waals surface area (Å²) in [6.07, 6.45) is 0. The number of benzene rings is 1. The first-order valence-corrected chi connectivity index (χ1v) is 4.62. The number of hydrogen-bond donors (Lipinski definition) is 0. The molecule has 0 saturated carbocycles. The largest absolute Gasteiger partial charge is 0.266 e. The van der Waals surface area contributed by atoms with Crippen molar-refractivity contribution >= 4 is 40.8 Å². The zero-order valence-corrected chi connectivity index (χ0v) is 7.75. The fraction of sp³-hybridized carbons (Fsp3) is 0. The molecule has 1 heterocycles. The van der Waals surface area contributed by atoms with Crippen molar-refractivity contribution < 1.29 is 0 Å². The topological polar surface area (TPSA) is 3.24 Å². The van der Waals surface area contributed by atoms with Gasteiger partial charge >= 0.3 is 0 Å². The summed E-state index contributed by atoms with van der Waals surface area (Å²) >= 11 is 13.3. The lowest BCUT2D eigenvalue weighted by Gasteiger charge is -2.07. The van der Waals surface area contributed by atoms with Crippen molar-refractivity contribution in [3.63, 3.8) is 0 Å². The minimum Gasteiger partial charge on any atom is -0.266 e. The standard InChI is InChI=1S/C7H4Cl2NS/c8-5-2-1-3-6-7(5)10(9)4-11-6/h1-4H. The minimum absolute atomic E-state index is 0.693. The van der Waals surface area contributed by atoms with Gasteiger partial charge in [0, 0.05) is 16.7 Å². The van der Waals surface area contributed by atoms with E-state index in [9.17, 15) is 0 Å². The summed E-state index contributed by atoms with van der Waals surface area (Å²) in [5, 5.41) is 0.693. The normalized spacial score (nSPS) is 15.3. The van der Waals surface area contributed by atoms with E-state index in [4.69, 9.17) is 23.4 Å². The molecule has 1 aliphatic heterocycles. The number of halogens is 2. The Hall–Kier alpha value is -0.0500. The Morgan fingerprint density at radius 2 is 2.18 bits per heavy atom. The summed E-state index contributed by atoms with van der Waals surface area (Å²) in [7, 11) is 0. The highest BCUT2D eigenvalue weighted by molar-refractivity contribution is 8.02. The van der Waals surface area contributed by atoms with Crippen LogP contribution in [0.25, 0.3) is 0 Å². The molecule has 57 valence electrons. The molecule has 0 fully saturated rings. The van der Waals surface area contributed by atoms with Crippen molar-refractivity contribution in [2.75, 3.05) is 4.42 Å². The van der Waals surface area contributed by atoms with Crippen LogP contribution in [0.1, 0.15) is 0 Å². The zero-order chi connectivity index (χ0) is 7.84. The van der Waals surface area contributed by atoms with Crippen molar-refractivity contribution in [1.29, 1.82) is 0 Å². The quantitative estimate of drug-likeness (QED) is 0.596. The molecule has 0 bridgehead atoms. The number of rotatable bonds is 0. The van der Waals surface area contributed by atoms with Crippen LogP contribution in [0.5, 0.6) is 0 Å². The summed E-state index contributed by atoms with van der Waals surface area (Å²) in [4.78, 5) is 1.10.